The summed E-state index contributed by atoms with van der Waals surface area (Å²) in [5.41, 5.74) is 4.56. The second-order valence-corrected chi connectivity index (χ2v) is 11.4. The third-order valence-electron chi connectivity index (χ3n) is 6.18. The van der Waals surface area contributed by atoms with Crippen molar-refractivity contribution in [3.63, 3.8) is 0 Å². The van der Waals surface area contributed by atoms with E-state index in [1.54, 1.807) is 12.4 Å². The fourth-order valence-electron chi connectivity index (χ4n) is 4.10. The predicted octanol–water partition coefficient (Wildman–Crippen LogP) is 6.79. The minimum Gasteiger partial charge on any atom is -0.348 e. The Kier molecular flexibility index (Phi) is 8.71. The highest BCUT2D eigenvalue weighted by atomic mass is 35.5. The van der Waals surface area contributed by atoms with Crippen LogP contribution in [0.4, 0.5) is 0 Å². The third kappa shape index (κ3) is 6.73. The average molecular weight is 575 g/mol. The molecule has 0 saturated carbocycles. The lowest BCUT2D eigenvalue weighted by atomic mass is 10.1. The van der Waals surface area contributed by atoms with Crippen LogP contribution in [0, 0.1) is 6.92 Å². The zero-order valence-electron chi connectivity index (χ0n) is 21.5. The number of thiazole rings is 1. The van der Waals surface area contributed by atoms with E-state index in [1.165, 1.54) is 28.7 Å². The quantitative estimate of drug-likeness (QED) is 0.185. The van der Waals surface area contributed by atoms with Gasteiger partial charge in [-0.05, 0) is 62.1 Å². The van der Waals surface area contributed by atoms with Gasteiger partial charge in [-0.3, -0.25) is 14.3 Å². The molecule has 0 aliphatic heterocycles. The Bertz CT molecular complexity index is 1550. The molecule has 0 fully saturated rings. The summed E-state index contributed by atoms with van der Waals surface area (Å²) in [5.74, 6) is 1.10. The Labute approximate surface area is 240 Å². The molecule has 5 rings (SSSR count). The van der Waals surface area contributed by atoms with Crippen molar-refractivity contribution in [1.82, 2.24) is 30.0 Å². The van der Waals surface area contributed by atoms with Crippen LogP contribution in [-0.2, 0) is 12.2 Å². The van der Waals surface area contributed by atoms with E-state index in [0.29, 0.717) is 27.5 Å². The van der Waals surface area contributed by atoms with Crippen LogP contribution in [0.3, 0.4) is 0 Å². The number of rotatable bonds is 10. The van der Waals surface area contributed by atoms with Gasteiger partial charge in [-0.25, -0.2) is 4.98 Å². The molecule has 0 aliphatic carbocycles. The number of pyridine rings is 1. The third-order valence-corrected chi connectivity index (χ3v) is 8.39. The molecule has 1 unspecified atom stereocenters. The number of aromatic nitrogens is 5. The lowest BCUT2D eigenvalue weighted by Gasteiger charge is -2.13. The van der Waals surface area contributed by atoms with Crippen LogP contribution >= 0.6 is 34.7 Å². The highest BCUT2D eigenvalue weighted by Gasteiger charge is 2.19. The van der Waals surface area contributed by atoms with Crippen LogP contribution < -0.4 is 5.32 Å². The monoisotopic (exact) mass is 574 g/mol. The summed E-state index contributed by atoms with van der Waals surface area (Å²) in [7, 11) is 0. The van der Waals surface area contributed by atoms with Crippen molar-refractivity contribution in [3.8, 4) is 17.1 Å². The maximum atomic E-state index is 12.8. The molecule has 0 aliphatic rings. The second-order valence-electron chi connectivity index (χ2n) is 9.12. The smallest absolute Gasteiger partial charge is 0.270 e. The highest BCUT2D eigenvalue weighted by molar-refractivity contribution is 7.98. The van der Waals surface area contributed by atoms with Crippen molar-refractivity contribution < 1.29 is 4.79 Å². The number of hydrogen-bond donors (Lipinski definition) is 1. The normalized spacial score (nSPS) is 11.9. The molecule has 0 saturated heterocycles. The predicted molar refractivity (Wildman–Crippen MR) is 158 cm³/mol. The molecular weight excluding hydrogens is 548 g/mol. The maximum Gasteiger partial charge on any atom is 0.270 e. The number of hydrogen-bond acceptors (Lipinski definition) is 7. The zero-order chi connectivity index (χ0) is 27.2. The lowest BCUT2D eigenvalue weighted by molar-refractivity contribution is 0.0934. The molecule has 5 aromatic rings. The van der Waals surface area contributed by atoms with E-state index in [9.17, 15) is 4.79 Å². The first-order chi connectivity index (χ1) is 19.0. The van der Waals surface area contributed by atoms with E-state index in [-0.39, 0.29) is 11.9 Å². The molecule has 39 heavy (non-hydrogen) atoms. The van der Waals surface area contributed by atoms with Crippen LogP contribution in [0.5, 0.6) is 0 Å². The van der Waals surface area contributed by atoms with Gasteiger partial charge in [-0.15, -0.1) is 21.5 Å². The van der Waals surface area contributed by atoms with Crippen LogP contribution in [0.1, 0.15) is 40.0 Å². The standard InChI is InChI=1S/C29H27ClN6OS2/c1-19-8-11-23(30)16-25(19)36-27(22-12-14-31-15-13-22)34-35-29(36)39-18-26-33-24(17-38-26)28(37)32-20(2)9-10-21-6-4-3-5-7-21/h3-8,11-17,20H,9-10,18H2,1-2H3,(H,32,37). The van der Waals surface area contributed by atoms with Crippen molar-refractivity contribution in [2.45, 2.75) is 43.6 Å². The maximum absolute atomic E-state index is 12.8. The molecule has 1 amide bonds. The van der Waals surface area contributed by atoms with Crippen LogP contribution in [0.2, 0.25) is 5.02 Å². The lowest BCUT2D eigenvalue weighted by Crippen LogP contribution is -2.33. The largest absolute Gasteiger partial charge is 0.348 e. The number of halogens is 1. The van der Waals surface area contributed by atoms with Gasteiger partial charge in [0, 0.05) is 34.4 Å². The number of benzene rings is 2. The van der Waals surface area contributed by atoms with Gasteiger partial charge in [-0.1, -0.05) is 59.8 Å². The highest BCUT2D eigenvalue weighted by Crippen LogP contribution is 2.32. The summed E-state index contributed by atoms with van der Waals surface area (Å²) in [6.45, 7) is 4.05. The Morgan fingerprint density at radius 2 is 1.90 bits per heavy atom. The van der Waals surface area contributed by atoms with Crippen molar-refractivity contribution in [2.24, 2.45) is 0 Å². The van der Waals surface area contributed by atoms with Crippen molar-refractivity contribution in [3.05, 3.63) is 105 Å². The van der Waals surface area contributed by atoms with Gasteiger partial charge in [0.1, 0.15) is 10.7 Å². The van der Waals surface area contributed by atoms with E-state index < -0.39 is 0 Å². The molecule has 1 atom stereocenters. The van der Waals surface area contributed by atoms with Gasteiger partial charge in [0.15, 0.2) is 11.0 Å². The molecule has 10 heteroatoms. The fourth-order valence-corrected chi connectivity index (χ4v) is 6.00. The first-order valence-electron chi connectivity index (χ1n) is 12.5. The summed E-state index contributed by atoms with van der Waals surface area (Å²) in [4.78, 5) is 21.5. The topological polar surface area (TPSA) is 85.6 Å². The zero-order valence-corrected chi connectivity index (χ0v) is 23.9. The van der Waals surface area contributed by atoms with E-state index in [1.807, 2.05) is 72.3 Å². The van der Waals surface area contributed by atoms with Gasteiger partial charge >= 0.3 is 0 Å². The molecule has 2 aromatic carbocycles. The summed E-state index contributed by atoms with van der Waals surface area (Å²) in [6, 6.07) is 19.9. The Morgan fingerprint density at radius 1 is 1.10 bits per heavy atom. The van der Waals surface area contributed by atoms with Crippen molar-refractivity contribution >= 4 is 40.6 Å². The van der Waals surface area contributed by atoms with Gasteiger partial charge < -0.3 is 5.32 Å². The first-order valence-corrected chi connectivity index (χ1v) is 14.8. The number of nitrogens with zero attached hydrogens (tertiary/aromatic N) is 5. The van der Waals surface area contributed by atoms with Gasteiger partial charge in [-0.2, -0.15) is 0 Å². The molecule has 3 aromatic heterocycles. The van der Waals surface area contributed by atoms with Crippen molar-refractivity contribution in [2.75, 3.05) is 0 Å². The Balaban J connectivity index is 1.28. The molecule has 198 valence electrons. The SMILES string of the molecule is Cc1ccc(Cl)cc1-n1c(SCc2nc(C(=O)NC(C)CCc3ccccc3)cs2)nnc1-c1ccncc1. The molecule has 0 spiro atoms. The van der Waals surface area contributed by atoms with Crippen LogP contribution in [0.25, 0.3) is 17.1 Å². The summed E-state index contributed by atoms with van der Waals surface area (Å²) in [6.07, 6.45) is 5.24. The number of nitrogens with one attached hydrogen (secondary N) is 1. The number of carbonyl (C=O) groups is 1. The fraction of sp³-hybridized carbons (Fsp3) is 0.207. The van der Waals surface area contributed by atoms with Gasteiger partial charge in [0.05, 0.1) is 11.4 Å². The average Bonchev–Trinajstić information content (AvgIpc) is 3.61. The summed E-state index contributed by atoms with van der Waals surface area (Å²) < 4.78 is 2.01. The van der Waals surface area contributed by atoms with E-state index >= 15 is 0 Å². The second kappa shape index (κ2) is 12.5. The van der Waals surface area contributed by atoms with Gasteiger partial charge in [0.25, 0.3) is 5.91 Å². The summed E-state index contributed by atoms with van der Waals surface area (Å²) in [5, 5.41) is 16.0. The molecule has 0 bridgehead atoms. The van der Waals surface area contributed by atoms with E-state index in [2.05, 4.69) is 37.6 Å². The minimum absolute atomic E-state index is 0.0447. The molecule has 1 N–H and O–H groups in total. The Hall–Kier alpha value is -3.53. The number of amides is 1. The molecule has 3 heterocycles. The van der Waals surface area contributed by atoms with Crippen LogP contribution in [-0.4, -0.2) is 36.7 Å². The minimum atomic E-state index is -0.152. The molecule has 7 nitrogen and oxygen atoms in total. The number of thioether (sulfide) groups is 1. The van der Waals surface area contributed by atoms with Crippen molar-refractivity contribution in [1.29, 1.82) is 0 Å². The van der Waals surface area contributed by atoms with E-state index in [0.717, 1.165) is 34.7 Å². The Morgan fingerprint density at radius 3 is 2.69 bits per heavy atom. The van der Waals surface area contributed by atoms with Crippen LogP contribution in [0.15, 0.2) is 83.6 Å². The number of carbonyl (C=O) groups excluding carboxylic acids is 1. The van der Waals surface area contributed by atoms with E-state index in [4.69, 9.17) is 11.6 Å². The van der Waals surface area contributed by atoms with Gasteiger partial charge in [0.2, 0.25) is 0 Å². The molecular formula is C29H27ClN6OS2. The summed E-state index contributed by atoms with van der Waals surface area (Å²) >= 11 is 9.34. The number of aryl methyl sites for hydroxylation is 2. The molecule has 0 radical (unpaired) electrons. The first kappa shape index (κ1) is 27.1.